The Labute approximate surface area is 109 Å². The summed E-state index contributed by atoms with van der Waals surface area (Å²) in [6.45, 7) is 2.72. The lowest BCUT2D eigenvalue weighted by Crippen LogP contribution is -2.31. The maximum atomic E-state index is 11.1. The molecular weight excluding hydrogens is 282 g/mol. The Hall–Kier alpha value is -1.23. The summed E-state index contributed by atoms with van der Waals surface area (Å²) in [7, 11) is 0. The van der Waals surface area contributed by atoms with Gasteiger partial charge in [0, 0.05) is 34.9 Å². The third kappa shape index (κ3) is 2.91. The summed E-state index contributed by atoms with van der Waals surface area (Å²) in [4.78, 5) is 11.1. The van der Waals surface area contributed by atoms with Crippen LogP contribution in [0.2, 0.25) is 0 Å². The summed E-state index contributed by atoms with van der Waals surface area (Å²) < 4.78 is 0.949. The number of carbonyl (C=O) groups excluding carboxylic acids is 1. The number of carbonyl (C=O) groups is 1. The molecule has 0 spiro atoms. The van der Waals surface area contributed by atoms with Gasteiger partial charge in [0.05, 0.1) is 0 Å². The molecule has 4 N–H and O–H groups in total. The molecule has 0 saturated carbocycles. The molecule has 1 aliphatic heterocycles. The van der Waals surface area contributed by atoms with Gasteiger partial charge < -0.3 is 16.4 Å². The summed E-state index contributed by atoms with van der Waals surface area (Å²) in [5.41, 5.74) is 8.65. The first-order chi connectivity index (χ1) is 8.06. The SMILES string of the molecule is Cc1cc(NCC2CCC(=O)N2)c(Br)cc1N. The first kappa shape index (κ1) is 12.2. The fraction of sp³-hybridized carbons (Fsp3) is 0.417. The summed E-state index contributed by atoms with van der Waals surface area (Å²) in [6, 6.07) is 4.13. The first-order valence-corrected chi connectivity index (χ1v) is 6.44. The van der Waals surface area contributed by atoms with Crippen molar-refractivity contribution in [1.29, 1.82) is 0 Å². The minimum Gasteiger partial charge on any atom is -0.398 e. The predicted molar refractivity (Wildman–Crippen MR) is 72.9 cm³/mol. The average molecular weight is 298 g/mol. The van der Waals surface area contributed by atoms with Crippen LogP contribution in [0.15, 0.2) is 16.6 Å². The number of halogens is 1. The zero-order valence-electron chi connectivity index (χ0n) is 9.72. The Kier molecular flexibility index (Phi) is 3.57. The van der Waals surface area contributed by atoms with Crippen molar-refractivity contribution in [2.45, 2.75) is 25.8 Å². The van der Waals surface area contributed by atoms with Gasteiger partial charge in [0.15, 0.2) is 0 Å². The second-order valence-corrected chi connectivity index (χ2v) is 5.23. The zero-order chi connectivity index (χ0) is 12.4. The molecule has 1 aromatic carbocycles. The van der Waals surface area contributed by atoms with E-state index in [4.69, 9.17) is 5.73 Å². The summed E-state index contributed by atoms with van der Waals surface area (Å²) in [6.07, 6.45) is 1.53. The molecule has 1 atom stereocenters. The molecule has 4 nitrogen and oxygen atoms in total. The molecule has 1 heterocycles. The van der Waals surface area contributed by atoms with Crippen LogP contribution in [-0.4, -0.2) is 18.5 Å². The third-order valence-corrected chi connectivity index (χ3v) is 3.64. The highest BCUT2D eigenvalue weighted by Crippen LogP contribution is 2.27. The number of aryl methyl sites for hydroxylation is 1. The highest BCUT2D eigenvalue weighted by molar-refractivity contribution is 9.10. The molecule has 92 valence electrons. The van der Waals surface area contributed by atoms with Gasteiger partial charge in [-0.15, -0.1) is 0 Å². The smallest absolute Gasteiger partial charge is 0.220 e. The van der Waals surface area contributed by atoms with Crippen LogP contribution in [-0.2, 0) is 4.79 Å². The van der Waals surface area contributed by atoms with Crippen LogP contribution in [0.1, 0.15) is 18.4 Å². The molecule has 1 saturated heterocycles. The number of benzene rings is 1. The van der Waals surface area contributed by atoms with Crippen LogP contribution in [0.25, 0.3) is 0 Å². The standard InChI is InChI=1S/C12H16BrN3O/c1-7-4-11(9(13)5-10(7)14)15-6-8-2-3-12(17)16-8/h4-5,8,15H,2-3,6,14H2,1H3,(H,16,17). The maximum Gasteiger partial charge on any atom is 0.220 e. The van der Waals surface area contributed by atoms with Crippen LogP contribution in [0.5, 0.6) is 0 Å². The Balaban J connectivity index is 1.99. The predicted octanol–water partition coefficient (Wildman–Crippen LogP) is 2.03. The van der Waals surface area contributed by atoms with Crippen LogP contribution < -0.4 is 16.4 Å². The molecule has 0 aromatic heterocycles. The quantitative estimate of drug-likeness (QED) is 0.748. The number of rotatable bonds is 3. The van der Waals surface area contributed by atoms with E-state index in [1.165, 1.54) is 0 Å². The van der Waals surface area contributed by atoms with Gasteiger partial charge >= 0.3 is 0 Å². The van der Waals surface area contributed by atoms with E-state index in [-0.39, 0.29) is 11.9 Å². The normalized spacial score (nSPS) is 19.2. The lowest BCUT2D eigenvalue weighted by atomic mass is 10.1. The van der Waals surface area contributed by atoms with Crippen LogP contribution in [0, 0.1) is 6.92 Å². The van der Waals surface area contributed by atoms with Gasteiger partial charge in [-0.2, -0.15) is 0 Å². The number of nitrogens with one attached hydrogen (secondary N) is 2. The van der Waals surface area contributed by atoms with Crippen molar-refractivity contribution in [3.8, 4) is 0 Å². The summed E-state index contributed by atoms with van der Waals surface area (Å²) >= 11 is 3.47. The summed E-state index contributed by atoms with van der Waals surface area (Å²) in [5, 5.41) is 6.25. The Morgan fingerprint density at radius 1 is 1.59 bits per heavy atom. The number of hydrogen-bond acceptors (Lipinski definition) is 3. The monoisotopic (exact) mass is 297 g/mol. The molecule has 1 fully saturated rings. The second-order valence-electron chi connectivity index (χ2n) is 4.37. The van der Waals surface area contributed by atoms with E-state index in [2.05, 4.69) is 26.6 Å². The van der Waals surface area contributed by atoms with E-state index < -0.39 is 0 Å². The average Bonchev–Trinajstić information content (AvgIpc) is 2.68. The highest BCUT2D eigenvalue weighted by Gasteiger charge is 2.20. The topological polar surface area (TPSA) is 67.2 Å². The van der Waals surface area contributed by atoms with Crippen LogP contribution in [0.4, 0.5) is 11.4 Å². The van der Waals surface area contributed by atoms with E-state index in [1.807, 2.05) is 19.1 Å². The fourth-order valence-electron chi connectivity index (χ4n) is 1.90. The van der Waals surface area contributed by atoms with Crippen LogP contribution in [0.3, 0.4) is 0 Å². The van der Waals surface area contributed by atoms with Crippen molar-refractivity contribution in [3.05, 3.63) is 22.2 Å². The first-order valence-electron chi connectivity index (χ1n) is 5.65. The molecule has 1 aromatic rings. The fourth-order valence-corrected chi connectivity index (χ4v) is 2.40. The van der Waals surface area contributed by atoms with Gasteiger partial charge in [-0.25, -0.2) is 0 Å². The highest BCUT2D eigenvalue weighted by atomic mass is 79.9. The van der Waals surface area contributed by atoms with Gasteiger partial charge in [-0.1, -0.05) is 0 Å². The molecule has 0 aliphatic carbocycles. The molecule has 1 unspecified atom stereocenters. The molecule has 17 heavy (non-hydrogen) atoms. The number of anilines is 2. The molecule has 0 bridgehead atoms. The number of hydrogen-bond donors (Lipinski definition) is 3. The van der Waals surface area contributed by atoms with Gasteiger partial charge in [0.1, 0.15) is 0 Å². The molecule has 2 rings (SSSR count). The van der Waals surface area contributed by atoms with Crippen molar-refractivity contribution in [2.75, 3.05) is 17.6 Å². The molecule has 1 aliphatic rings. The van der Waals surface area contributed by atoms with Crippen LogP contribution >= 0.6 is 15.9 Å². The lowest BCUT2D eigenvalue weighted by Gasteiger charge is -2.15. The number of nitrogen functional groups attached to an aromatic ring is 1. The maximum absolute atomic E-state index is 11.1. The van der Waals surface area contributed by atoms with Crippen molar-refractivity contribution in [3.63, 3.8) is 0 Å². The van der Waals surface area contributed by atoms with E-state index in [0.29, 0.717) is 6.42 Å². The van der Waals surface area contributed by atoms with Crippen molar-refractivity contribution in [1.82, 2.24) is 5.32 Å². The van der Waals surface area contributed by atoms with Gasteiger partial charge in [0.2, 0.25) is 5.91 Å². The number of nitrogens with two attached hydrogens (primary N) is 1. The minimum absolute atomic E-state index is 0.143. The Bertz CT molecular complexity index is 448. The van der Waals surface area contributed by atoms with E-state index >= 15 is 0 Å². The largest absolute Gasteiger partial charge is 0.398 e. The second kappa shape index (κ2) is 4.96. The summed E-state index contributed by atoms with van der Waals surface area (Å²) in [5.74, 6) is 0.143. The van der Waals surface area contributed by atoms with E-state index in [9.17, 15) is 4.79 Å². The van der Waals surface area contributed by atoms with E-state index in [0.717, 1.165) is 34.4 Å². The number of amides is 1. The zero-order valence-corrected chi connectivity index (χ0v) is 11.3. The minimum atomic E-state index is 0.143. The Morgan fingerprint density at radius 2 is 2.35 bits per heavy atom. The molecule has 1 amide bonds. The third-order valence-electron chi connectivity index (χ3n) is 2.98. The van der Waals surface area contributed by atoms with Gasteiger partial charge in [-0.05, 0) is 47.0 Å². The van der Waals surface area contributed by atoms with E-state index in [1.54, 1.807) is 0 Å². The van der Waals surface area contributed by atoms with Gasteiger partial charge in [0.25, 0.3) is 0 Å². The lowest BCUT2D eigenvalue weighted by molar-refractivity contribution is -0.119. The van der Waals surface area contributed by atoms with Gasteiger partial charge in [-0.3, -0.25) is 4.79 Å². The molecule has 5 heteroatoms. The van der Waals surface area contributed by atoms with Crippen molar-refractivity contribution >= 4 is 33.2 Å². The Morgan fingerprint density at radius 3 is 3.00 bits per heavy atom. The van der Waals surface area contributed by atoms with Crippen molar-refractivity contribution < 1.29 is 4.79 Å². The van der Waals surface area contributed by atoms with Crippen molar-refractivity contribution in [2.24, 2.45) is 0 Å². The molecule has 0 radical (unpaired) electrons. The molecular formula is C12H16BrN3O.